The highest BCUT2D eigenvalue weighted by Crippen LogP contribution is 1.83. The summed E-state index contributed by atoms with van der Waals surface area (Å²) >= 11 is 0. The Bertz CT molecular complexity index is 95.0. The molecule has 0 aliphatic rings. The van der Waals surface area contributed by atoms with E-state index in [1.165, 1.54) is 0 Å². The van der Waals surface area contributed by atoms with Crippen LogP contribution in [0.15, 0.2) is 0 Å². The standard InChI is InChI=1S/C6H15N3O/c1-5(2)10-9-6(3)8-4-7/h4-6,9H,1-3H3,(H2,7,8). The van der Waals surface area contributed by atoms with Crippen molar-refractivity contribution in [1.82, 2.24) is 10.8 Å². The molecule has 0 rings (SSSR count). The molecule has 3 N–H and O–H groups in total. The Labute approximate surface area is 61.4 Å². The van der Waals surface area contributed by atoms with Gasteiger partial charge in [0.25, 0.3) is 0 Å². The van der Waals surface area contributed by atoms with Crippen LogP contribution in [-0.2, 0) is 4.84 Å². The normalized spacial score (nSPS) is 13.2. The van der Waals surface area contributed by atoms with Crippen molar-refractivity contribution < 1.29 is 4.84 Å². The topological polar surface area (TPSA) is 57.1 Å². The van der Waals surface area contributed by atoms with Crippen molar-refractivity contribution in [2.45, 2.75) is 33.0 Å². The number of hydrogen-bond acceptors (Lipinski definition) is 3. The summed E-state index contributed by atoms with van der Waals surface area (Å²) in [5.74, 6) is 0. The van der Waals surface area contributed by atoms with Crippen LogP contribution < -0.4 is 10.8 Å². The van der Waals surface area contributed by atoms with E-state index >= 15 is 0 Å². The average Bonchev–Trinajstić information content (AvgIpc) is 1.85. The lowest BCUT2D eigenvalue weighted by molar-refractivity contribution is -0.0250. The van der Waals surface area contributed by atoms with Gasteiger partial charge in [0.2, 0.25) is 0 Å². The van der Waals surface area contributed by atoms with Crippen molar-refractivity contribution in [1.29, 1.82) is 5.41 Å². The van der Waals surface area contributed by atoms with Gasteiger partial charge in [-0.3, -0.25) is 10.2 Å². The molecule has 0 aliphatic heterocycles. The molecule has 0 aromatic heterocycles. The minimum Gasteiger partial charge on any atom is -0.360 e. The molecule has 0 radical (unpaired) electrons. The average molecular weight is 145 g/mol. The van der Waals surface area contributed by atoms with Gasteiger partial charge in [-0.05, 0) is 20.8 Å². The van der Waals surface area contributed by atoms with E-state index in [4.69, 9.17) is 10.2 Å². The van der Waals surface area contributed by atoms with Crippen LogP contribution >= 0.6 is 0 Å². The van der Waals surface area contributed by atoms with Crippen LogP contribution in [0.4, 0.5) is 0 Å². The molecule has 0 amide bonds. The Morgan fingerprint density at radius 2 is 2.00 bits per heavy atom. The largest absolute Gasteiger partial charge is 0.360 e. The monoisotopic (exact) mass is 145 g/mol. The van der Waals surface area contributed by atoms with Gasteiger partial charge in [0, 0.05) is 0 Å². The molecule has 10 heavy (non-hydrogen) atoms. The summed E-state index contributed by atoms with van der Waals surface area (Å²) in [4.78, 5) is 5.04. The molecule has 0 aromatic rings. The highest BCUT2D eigenvalue weighted by atomic mass is 16.7. The van der Waals surface area contributed by atoms with Gasteiger partial charge >= 0.3 is 0 Å². The molecule has 1 atom stereocenters. The summed E-state index contributed by atoms with van der Waals surface area (Å²) in [6.45, 7) is 5.74. The van der Waals surface area contributed by atoms with Crippen molar-refractivity contribution in [3.8, 4) is 0 Å². The Hall–Kier alpha value is -0.610. The third kappa shape index (κ3) is 5.53. The van der Waals surface area contributed by atoms with Crippen LogP contribution in [0.25, 0.3) is 0 Å². The summed E-state index contributed by atoms with van der Waals surface area (Å²) in [5.41, 5.74) is 2.72. The van der Waals surface area contributed by atoms with Crippen LogP contribution in [0.1, 0.15) is 20.8 Å². The molecule has 4 nitrogen and oxygen atoms in total. The fraction of sp³-hybridized carbons (Fsp3) is 0.833. The van der Waals surface area contributed by atoms with E-state index in [1.54, 1.807) is 0 Å². The zero-order valence-electron chi connectivity index (χ0n) is 6.64. The number of hydrogen-bond donors (Lipinski definition) is 3. The van der Waals surface area contributed by atoms with Crippen molar-refractivity contribution in [2.75, 3.05) is 0 Å². The predicted molar refractivity (Wildman–Crippen MR) is 40.7 cm³/mol. The first-order chi connectivity index (χ1) is 4.66. The second-order valence-electron chi connectivity index (χ2n) is 2.32. The van der Waals surface area contributed by atoms with Crippen molar-refractivity contribution in [2.24, 2.45) is 0 Å². The molecule has 4 heteroatoms. The molecule has 1 unspecified atom stereocenters. The first-order valence-corrected chi connectivity index (χ1v) is 3.33. The third-order valence-corrected chi connectivity index (χ3v) is 0.814. The summed E-state index contributed by atoms with van der Waals surface area (Å²) < 4.78 is 0. The lowest BCUT2D eigenvalue weighted by atomic mass is 10.5. The van der Waals surface area contributed by atoms with Crippen LogP contribution in [0, 0.1) is 5.41 Å². The van der Waals surface area contributed by atoms with Crippen molar-refractivity contribution in [3.63, 3.8) is 0 Å². The second kappa shape index (κ2) is 5.20. The van der Waals surface area contributed by atoms with Crippen molar-refractivity contribution in [3.05, 3.63) is 0 Å². The summed E-state index contributed by atoms with van der Waals surface area (Å²) in [6, 6.07) is 0. The molecular weight excluding hydrogens is 130 g/mol. The van der Waals surface area contributed by atoms with E-state index in [2.05, 4.69) is 10.8 Å². The molecule has 0 saturated heterocycles. The molecule has 0 spiro atoms. The lowest BCUT2D eigenvalue weighted by Crippen LogP contribution is -2.39. The van der Waals surface area contributed by atoms with Gasteiger partial charge in [-0.2, -0.15) is 5.48 Å². The van der Waals surface area contributed by atoms with Crippen LogP contribution in [-0.4, -0.2) is 18.6 Å². The number of rotatable bonds is 5. The van der Waals surface area contributed by atoms with E-state index in [0.717, 1.165) is 6.34 Å². The minimum absolute atomic E-state index is 0.0140. The smallest absolute Gasteiger partial charge is 0.0978 e. The maximum Gasteiger partial charge on any atom is 0.0978 e. The Morgan fingerprint density at radius 3 is 2.40 bits per heavy atom. The molecule has 0 bridgehead atoms. The molecule has 0 aliphatic carbocycles. The fourth-order valence-electron chi connectivity index (χ4n) is 0.397. The van der Waals surface area contributed by atoms with Gasteiger partial charge < -0.3 is 5.32 Å². The minimum atomic E-state index is -0.0140. The number of nitrogens with one attached hydrogen (secondary N) is 3. The molecule has 0 saturated carbocycles. The molecule has 60 valence electrons. The van der Waals surface area contributed by atoms with E-state index < -0.39 is 0 Å². The Morgan fingerprint density at radius 1 is 1.40 bits per heavy atom. The Kier molecular flexibility index (Phi) is 4.88. The van der Waals surface area contributed by atoms with Gasteiger partial charge in [-0.15, -0.1) is 0 Å². The second-order valence-corrected chi connectivity index (χ2v) is 2.32. The van der Waals surface area contributed by atoms with Gasteiger partial charge in [-0.1, -0.05) is 0 Å². The third-order valence-electron chi connectivity index (χ3n) is 0.814. The van der Waals surface area contributed by atoms with Crippen LogP contribution in [0.5, 0.6) is 0 Å². The highest BCUT2D eigenvalue weighted by molar-refractivity contribution is 5.49. The van der Waals surface area contributed by atoms with Crippen molar-refractivity contribution >= 4 is 6.34 Å². The highest BCUT2D eigenvalue weighted by Gasteiger charge is 1.97. The number of hydroxylamine groups is 1. The maximum atomic E-state index is 6.69. The van der Waals surface area contributed by atoms with Gasteiger partial charge in [-0.25, -0.2) is 0 Å². The molecule has 0 fully saturated rings. The maximum absolute atomic E-state index is 6.69. The van der Waals surface area contributed by atoms with Crippen LogP contribution in [0.2, 0.25) is 0 Å². The van der Waals surface area contributed by atoms with Gasteiger partial charge in [0.1, 0.15) is 0 Å². The molecule has 0 aromatic carbocycles. The Balaban J connectivity index is 3.20. The van der Waals surface area contributed by atoms with Gasteiger partial charge in [0.05, 0.1) is 18.6 Å². The van der Waals surface area contributed by atoms with E-state index in [1.807, 2.05) is 20.8 Å². The fourth-order valence-corrected chi connectivity index (χ4v) is 0.397. The van der Waals surface area contributed by atoms with E-state index in [9.17, 15) is 0 Å². The van der Waals surface area contributed by atoms with E-state index in [-0.39, 0.29) is 12.3 Å². The van der Waals surface area contributed by atoms with E-state index in [0.29, 0.717) is 0 Å². The van der Waals surface area contributed by atoms with Crippen LogP contribution in [0.3, 0.4) is 0 Å². The lowest BCUT2D eigenvalue weighted by Gasteiger charge is -2.14. The predicted octanol–water partition coefficient (Wildman–Crippen LogP) is 0.459. The first kappa shape index (κ1) is 9.39. The quantitative estimate of drug-likeness (QED) is 0.228. The molecule has 0 heterocycles. The van der Waals surface area contributed by atoms with Gasteiger partial charge in [0.15, 0.2) is 0 Å². The zero-order valence-corrected chi connectivity index (χ0v) is 6.64. The summed E-state index contributed by atoms with van der Waals surface area (Å²) in [6.07, 6.45) is 1.27. The SMILES string of the molecule is CC(NC=N)NOC(C)C. The summed E-state index contributed by atoms with van der Waals surface area (Å²) in [5, 5.41) is 9.39. The zero-order chi connectivity index (χ0) is 7.98. The summed E-state index contributed by atoms with van der Waals surface area (Å²) in [7, 11) is 0. The molecular formula is C6H15N3O. The first-order valence-electron chi connectivity index (χ1n) is 3.33.